The van der Waals surface area contributed by atoms with Crippen molar-refractivity contribution >= 4 is 0 Å². The van der Waals surface area contributed by atoms with Gasteiger partial charge in [-0.1, -0.05) is 19.4 Å². The van der Waals surface area contributed by atoms with E-state index in [0.29, 0.717) is 6.04 Å². The lowest BCUT2D eigenvalue weighted by Gasteiger charge is -2.24. The molecule has 2 heterocycles. The van der Waals surface area contributed by atoms with Gasteiger partial charge in [0, 0.05) is 18.4 Å². The molecular formula is C13H20N2. The molecule has 15 heavy (non-hydrogen) atoms. The molecule has 2 nitrogen and oxygen atoms in total. The van der Waals surface area contributed by atoms with E-state index in [1.165, 1.54) is 44.3 Å². The summed E-state index contributed by atoms with van der Waals surface area (Å²) in [6.45, 7) is 4.77. The first kappa shape index (κ1) is 10.6. The van der Waals surface area contributed by atoms with Crippen molar-refractivity contribution < 1.29 is 0 Å². The second-order valence-electron chi connectivity index (χ2n) is 4.33. The van der Waals surface area contributed by atoms with Crippen LogP contribution in [0, 0.1) is 0 Å². The molecule has 1 saturated heterocycles. The van der Waals surface area contributed by atoms with E-state index in [0.717, 1.165) is 0 Å². The third-order valence-electron chi connectivity index (χ3n) is 3.23. The highest BCUT2D eigenvalue weighted by Crippen LogP contribution is 2.31. The van der Waals surface area contributed by atoms with Crippen molar-refractivity contribution in [1.29, 1.82) is 0 Å². The van der Waals surface area contributed by atoms with Gasteiger partial charge in [0.25, 0.3) is 0 Å². The predicted molar refractivity (Wildman–Crippen MR) is 62.7 cm³/mol. The van der Waals surface area contributed by atoms with E-state index < -0.39 is 0 Å². The van der Waals surface area contributed by atoms with Gasteiger partial charge in [-0.25, -0.2) is 0 Å². The van der Waals surface area contributed by atoms with E-state index in [1.807, 2.05) is 18.5 Å². The van der Waals surface area contributed by atoms with Crippen molar-refractivity contribution in [1.82, 2.24) is 9.88 Å². The zero-order valence-corrected chi connectivity index (χ0v) is 9.52. The van der Waals surface area contributed by atoms with Crippen LogP contribution in [0.3, 0.4) is 0 Å². The fourth-order valence-corrected chi connectivity index (χ4v) is 2.41. The average molecular weight is 204 g/mol. The van der Waals surface area contributed by atoms with Crippen LogP contribution in [-0.4, -0.2) is 23.0 Å². The Morgan fingerprint density at radius 3 is 3.20 bits per heavy atom. The van der Waals surface area contributed by atoms with E-state index in [2.05, 4.69) is 22.9 Å². The molecule has 1 fully saturated rings. The summed E-state index contributed by atoms with van der Waals surface area (Å²) >= 11 is 0. The summed E-state index contributed by atoms with van der Waals surface area (Å²) in [6.07, 6.45) is 9.12. The van der Waals surface area contributed by atoms with Gasteiger partial charge in [-0.3, -0.25) is 9.88 Å². The maximum Gasteiger partial charge on any atom is 0.0363 e. The van der Waals surface area contributed by atoms with Gasteiger partial charge in [-0.05, 0) is 44.0 Å². The van der Waals surface area contributed by atoms with Crippen LogP contribution < -0.4 is 0 Å². The molecule has 2 heteroatoms. The van der Waals surface area contributed by atoms with Crippen LogP contribution in [0.4, 0.5) is 0 Å². The Labute approximate surface area is 92.3 Å². The molecule has 0 bridgehead atoms. The molecular weight excluding hydrogens is 184 g/mol. The molecule has 82 valence electrons. The van der Waals surface area contributed by atoms with E-state index in [9.17, 15) is 0 Å². The number of likely N-dealkylation sites (tertiary alicyclic amines) is 1. The molecule has 1 atom stereocenters. The zero-order chi connectivity index (χ0) is 10.5. The maximum atomic E-state index is 4.22. The molecule has 0 spiro atoms. The predicted octanol–water partition coefficient (Wildman–Crippen LogP) is 3.02. The van der Waals surface area contributed by atoms with Crippen molar-refractivity contribution in [3.63, 3.8) is 0 Å². The van der Waals surface area contributed by atoms with Crippen LogP contribution in [0.5, 0.6) is 0 Å². The van der Waals surface area contributed by atoms with Gasteiger partial charge in [0.15, 0.2) is 0 Å². The Kier molecular flexibility index (Phi) is 3.73. The lowest BCUT2D eigenvalue weighted by molar-refractivity contribution is 0.253. The Morgan fingerprint density at radius 1 is 1.53 bits per heavy atom. The van der Waals surface area contributed by atoms with Gasteiger partial charge in [-0.15, -0.1) is 0 Å². The van der Waals surface area contributed by atoms with Crippen LogP contribution in [0.15, 0.2) is 24.5 Å². The highest BCUT2D eigenvalue weighted by Gasteiger charge is 2.24. The van der Waals surface area contributed by atoms with Gasteiger partial charge < -0.3 is 0 Å². The van der Waals surface area contributed by atoms with Crippen molar-refractivity contribution in [3.05, 3.63) is 30.1 Å². The molecule has 2 rings (SSSR count). The van der Waals surface area contributed by atoms with E-state index in [-0.39, 0.29) is 0 Å². The monoisotopic (exact) mass is 204 g/mol. The number of unbranched alkanes of at least 4 members (excludes halogenated alkanes) is 1. The smallest absolute Gasteiger partial charge is 0.0363 e. The minimum Gasteiger partial charge on any atom is -0.296 e. The molecule has 1 aromatic rings. The largest absolute Gasteiger partial charge is 0.296 e. The first-order valence-corrected chi connectivity index (χ1v) is 6.06. The highest BCUT2D eigenvalue weighted by molar-refractivity contribution is 5.15. The Balaban J connectivity index is 2.01. The highest BCUT2D eigenvalue weighted by atomic mass is 15.2. The van der Waals surface area contributed by atoms with Crippen LogP contribution in [0.2, 0.25) is 0 Å². The molecule has 1 unspecified atom stereocenters. The maximum absolute atomic E-state index is 4.22. The molecule has 0 aliphatic carbocycles. The summed E-state index contributed by atoms with van der Waals surface area (Å²) in [6, 6.07) is 4.89. The quantitative estimate of drug-likeness (QED) is 0.749. The number of pyridine rings is 1. The number of rotatable bonds is 4. The van der Waals surface area contributed by atoms with Gasteiger partial charge in [0.05, 0.1) is 0 Å². The topological polar surface area (TPSA) is 16.1 Å². The summed E-state index contributed by atoms with van der Waals surface area (Å²) in [5, 5.41) is 0. The summed E-state index contributed by atoms with van der Waals surface area (Å²) in [7, 11) is 0. The van der Waals surface area contributed by atoms with Crippen molar-refractivity contribution in [2.24, 2.45) is 0 Å². The van der Waals surface area contributed by atoms with Crippen LogP contribution in [-0.2, 0) is 0 Å². The third-order valence-corrected chi connectivity index (χ3v) is 3.23. The standard InChI is InChI=1S/C13H20N2/c1-2-3-9-15-10-5-7-13(15)12-6-4-8-14-11-12/h4,6,8,11,13H,2-3,5,7,9-10H2,1H3. The van der Waals surface area contributed by atoms with Gasteiger partial charge in [-0.2, -0.15) is 0 Å². The van der Waals surface area contributed by atoms with Crippen LogP contribution in [0.1, 0.15) is 44.2 Å². The Bertz CT molecular complexity index is 284. The van der Waals surface area contributed by atoms with Crippen molar-refractivity contribution in [3.8, 4) is 0 Å². The minimum atomic E-state index is 0.630. The summed E-state index contributed by atoms with van der Waals surface area (Å²) < 4.78 is 0. The first-order valence-electron chi connectivity index (χ1n) is 6.06. The van der Waals surface area contributed by atoms with Gasteiger partial charge in [0.1, 0.15) is 0 Å². The lowest BCUT2D eigenvalue weighted by atomic mass is 10.1. The number of aromatic nitrogens is 1. The Morgan fingerprint density at radius 2 is 2.47 bits per heavy atom. The number of hydrogen-bond acceptors (Lipinski definition) is 2. The molecule has 0 aromatic carbocycles. The van der Waals surface area contributed by atoms with Crippen LogP contribution in [0.25, 0.3) is 0 Å². The minimum absolute atomic E-state index is 0.630. The summed E-state index contributed by atoms with van der Waals surface area (Å²) in [4.78, 5) is 6.83. The fraction of sp³-hybridized carbons (Fsp3) is 0.615. The number of nitrogens with zero attached hydrogens (tertiary/aromatic N) is 2. The molecule has 1 aliphatic heterocycles. The van der Waals surface area contributed by atoms with Crippen LogP contribution >= 0.6 is 0 Å². The molecule has 0 saturated carbocycles. The van der Waals surface area contributed by atoms with Gasteiger partial charge >= 0.3 is 0 Å². The van der Waals surface area contributed by atoms with E-state index >= 15 is 0 Å². The molecule has 0 radical (unpaired) electrons. The fourth-order valence-electron chi connectivity index (χ4n) is 2.41. The Hall–Kier alpha value is -0.890. The summed E-state index contributed by atoms with van der Waals surface area (Å²) in [5.41, 5.74) is 1.39. The molecule has 1 aliphatic rings. The van der Waals surface area contributed by atoms with Crippen molar-refractivity contribution in [2.45, 2.75) is 38.6 Å². The van der Waals surface area contributed by atoms with Crippen molar-refractivity contribution in [2.75, 3.05) is 13.1 Å². The second kappa shape index (κ2) is 5.26. The van der Waals surface area contributed by atoms with E-state index in [1.54, 1.807) is 0 Å². The SMILES string of the molecule is CCCCN1CCCC1c1cccnc1. The molecule has 0 N–H and O–H groups in total. The number of hydrogen-bond donors (Lipinski definition) is 0. The molecule has 0 amide bonds. The zero-order valence-electron chi connectivity index (χ0n) is 9.52. The first-order chi connectivity index (χ1) is 7.42. The summed E-state index contributed by atoms with van der Waals surface area (Å²) in [5.74, 6) is 0. The lowest BCUT2D eigenvalue weighted by Crippen LogP contribution is -2.24. The molecule has 1 aromatic heterocycles. The van der Waals surface area contributed by atoms with Gasteiger partial charge in [0.2, 0.25) is 0 Å². The van der Waals surface area contributed by atoms with E-state index in [4.69, 9.17) is 0 Å². The normalized spacial score (nSPS) is 22.1. The average Bonchev–Trinajstić information content (AvgIpc) is 2.75. The second-order valence-corrected chi connectivity index (χ2v) is 4.33. The third kappa shape index (κ3) is 2.57.